The van der Waals surface area contributed by atoms with Gasteiger partial charge in [0.25, 0.3) is 0 Å². The molecule has 1 aromatic rings. The summed E-state index contributed by atoms with van der Waals surface area (Å²) in [5.41, 5.74) is 0.348. The summed E-state index contributed by atoms with van der Waals surface area (Å²) in [6.07, 6.45) is 4.11. The van der Waals surface area contributed by atoms with E-state index in [0.717, 1.165) is 25.7 Å². The van der Waals surface area contributed by atoms with E-state index in [1.54, 1.807) is 17.9 Å². The molecule has 1 atom stereocenters. The molecule has 1 aliphatic carbocycles. The van der Waals surface area contributed by atoms with Crippen LogP contribution in [-0.4, -0.2) is 53.2 Å². The topological polar surface area (TPSA) is 69.7 Å². The lowest BCUT2D eigenvalue weighted by Gasteiger charge is -2.37. The van der Waals surface area contributed by atoms with Gasteiger partial charge in [0.05, 0.1) is 10.4 Å². The van der Waals surface area contributed by atoms with Crippen LogP contribution in [0, 0.1) is 11.7 Å². The highest BCUT2D eigenvalue weighted by Gasteiger charge is 2.38. The maximum absolute atomic E-state index is 13.6. The van der Waals surface area contributed by atoms with E-state index in [4.69, 9.17) is 0 Å². The number of halogens is 2. The fourth-order valence-electron chi connectivity index (χ4n) is 3.68. The van der Waals surface area contributed by atoms with Crippen LogP contribution in [0.4, 0.5) is 10.1 Å². The minimum Gasteiger partial charge on any atom is -0.332 e. The monoisotopic (exact) mass is 439 g/mol. The number of piperazine rings is 1. The Morgan fingerprint density at radius 3 is 2.63 bits per heavy atom. The summed E-state index contributed by atoms with van der Waals surface area (Å²) in [6, 6.07) is 4.51. The second-order valence-electron chi connectivity index (χ2n) is 7.21. The third kappa shape index (κ3) is 4.48. The number of benzene rings is 1. The highest BCUT2D eigenvalue weighted by molar-refractivity contribution is 9.10. The first-order valence-corrected chi connectivity index (χ1v) is 10.0. The van der Waals surface area contributed by atoms with Crippen molar-refractivity contribution in [2.24, 2.45) is 5.92 Å². The first-order chi connectivity index (χ1) is 12.9. The van der Waals surface area contributed by atoms with Gasteiger partial charge >= 0.3 is 11.8 Å². The number of nitrogens with zero attached hydrogens (tertiary/aromatic N) is 2. The number of amides is 3. The number of anilines is 1. The number of hydrogen-bond acceptors (Lipinski definition) is 3. The number of nitrogens with one attached hydrogen (secondary N) is 1. The zero-order valence-electron chi connectivity index (χ0n) is 15.2. The lowest BCUT2D eigenvalue weighted by atomic mass is 10.1. The minimum absolute atomic E-state index is 0.161. The van der Waals surface area contributed by atoms with Crippen LogP contribution in [0.15, 0.2) is 22.7 Å². The van der Waals surface area contributed by atoms with E-state index in [1.165, 1.54) is 17.0 Å². The van der Waals surface area contributed by atoms with Gasteiger partial charge in [0, 0.05) is 31.4 Å². The van der Waals surface area contributed by atoms with Gasteiger partial charge in [-0.2, -0.15) is 0 Å². The molecule has 1 aromatic carbocycles. The zero-order chi connectivity index (χ0) is 19.6. The summed E-state index contributed by atoms with van der Waals surface area (Å²) in [4.78, 5) is 40.4. The molecule has 1 saturated carbocycles. The molecule has 1 heterocycles. The smallest absolute Gasteiger partial charge is 0.312 e. The maximum atomic E-state index is 13.6. The minimum atomic E-state index is -0.539. The van der Waals surface area contributed by atoms with Gasteiger partial charge < -0.3 is 15.1 Å². The van der Waals surface area contributed by atoms with Crippen molar-refractivity contribution >= 4 is 39.3 Å². The molecule has 1 saturated heterocycles. The van der Waals surface area contributed by atoms with Gasteiger partial charge in [0.1, 0.15) is 5.82 Å². The third-order valence-electron chi connectivity index (χ3n) is 5.24. The highest BCUT2D eigenvalue weighted by Crippen LogP contribution is 2.25. The van der Waals surface area contributed by atoms with E-state index in [1.807, 2.05) is 0 Å². The van der Waals surface area contributed by atoms with E-state index in [0.29, 0.717) is 23.2 Å². The number of rotatable bonds is 5. The summed E-state index contributed by atoms with van der Waals surface area (Å²) in [5.74, 6) is -2.32. The SMILES string of the molecule is CC(CN1CCN(C2CCCC2)C(=O)C1=O)C(=O)Nc1ccc(Br)c(F)c1. The molecule has 3 amide bonds. The molecular weight excluding hydrogens is 417 g/mol. The average molecular weight is 440 g/mol. The van der Waals surface area contributed by atoms with Gasteiger partial charge in [-0.1, -0.05) is 19.8 Å². The Morgan fingerprint density at radius 1 is 1.26 bits per heavy atom. The Hall–Kier alpha value is -1.96. The Kier molecular flexibility index (Phi) is 6.14. The van der Waals surface area contributed by atoms with Gasteiger partial charge in [0.15, 0.2) is 0 Å². The molecule has 0 aromatic heterocycles. The van der Waals surface area contributed by atoms with Crippen molar-refractivity contribution < 1.29 is 18.8 Å². The Labute approximate surface area is 166 Å². The zero-order valence-corrected chi connectivity index (χ0v) is 16.8. The van der Waals surface area contributed by atoms with Crippen LogP contribution in [-0.2, 0) is 14.4 Å². The second-order valence-corrected chi connectivity index (χ2v) is 8.06. The summed E-state index contributed by atoms with van der Waals surface area (Å²) < 4.78 is 13.9. The second kappa shape index (κ2) is 8.37. The lowest BCUT2D eigenvalue weighted by Crippen LogP contribution is -2.57. The van der Waals surface area contributed by atoms with Crippen molar-refractivity contribution in [1.82, 2.24) is 9.80 Å². The molecule has 6 nitrogen and oxygen atoms in total. The van der Waals surface area contributed by atoms with Crippen LogP contribution >= 0.6 is 15.9 Å². The molecule has 2 aliphatic rings. The van der Waals surface area contributed by atoms with Crippen LogP contribution in [0.3, 0.4) is 0 Å². The van der Waals surface area contributed by atoms with E-state index < -0.39 is 23.5 Å². The molecule has 0 radical (unpaired) electrons. The largest absolute Gasteiger partial charge is 0.332 e. The van der Waals surface area contributed by atoms with Crippen LogP contribution in [0.2, 0.25) is 0 Å². The standard InChI is InChI=1S/C19H23BrFN3O3/c1-12(17(25)22-13-6-7-15(20)16(21)10-13)11-23-8-9-24(19(27)18(23)26)14-4-2-3-5-14/h6-7,10,12,14H,2-5,8-9,11H2,1H3,(H,22,25). The van der Waals surface area contributed by atoms with Crippen LogP contribution < -0.4 is 5.32 Å². The molecule has 1 unspecified atom stereocenters. The van der Waals surface area contributed by atoms with E-state index in [9.17, 15) is 18.8 Å². The fourth-order valence-corrected chi connectivity index (χ4v) is 3.93. The van der Waals surface area contributed by atoms with E-state index >= 15 is 0 Å². The summed E-state index contributed by atoms with van der Waals surface area (Å²) in [7, 11) is 0. The van der Waals surface area contributed by atoms with Crippen LogP contribution in [0.1, 0.15) is 32.6 Å². The summed E-state index contributed by atoms with van der Waals surface area (Å²) in [6.45, 7) is 2.80. The first-order valence-electron chi connectivity index (χ1n) is 9.22. The van der Waals surface area contributed by atoms with Crippen molar-refractivity contribution in [3.05, 3.63) is 28.5 Å². The molecular formula is C19H23BrFN3O3. The molecule has 2 fully saturated rings. The molecule has 1 N–H and O–H groups in total. The number of carbonyl (C=O) groups excluding carboxylic acids is 3. The maximum Gasteiger partial charge on any atom is 0.312 e. The number of hydrogen-bond donors (Lipinski definition) is 1. The molecule has 8 heteroatoms. The molecule has 1 aliphatic heterocycles. The summed E-state index contributed by atoms with van der Waals surface area (Å²) >= 11 is 3.06. The van der Waals surface area contributed by atoms with Crippen molar-refractivity contribution in [2.45, 2.75) is 38.6 Å². The lowest BCUT2D eigenvalue weighted by molar-refractivity contribution is -0.158. The third-order valence-corrected chi connectivity index (χ3v) is 5.88. The normalized spacial score (nSPS) is 19.5. The predicted octanol–water partition coefficient (Wildman–Crippen LogP) is 2.78. The van der Waals surface area contributed by atoms with Gasteiger partial charge in [0.2, 0.25) is 5.91 Å². The summed E-state index contributed by atoms with van der Waals surface area (Å²) in [5, 5.41) is 2.65. The van der Waals surface area contributed by atoms with Crippen molar-refractivity contribution in [1.29, 1.82) is 0 Å². The molecule has 27 heavy (non-hydrogen) atoms. The van der Waals surface area contributed by atoms with Crippen molar-refractivity contribution in [3.8, 4) is 0 Å². The first kappa shape index (κ1) is 19.8. The van der Waals surface area contributed by atoms with Gasteiger partial charge in [-0.25, -0.2) is 4.39 Å². The van der Waals surface area contributed by atoms with Crippen LogP contribution in [0.25, 0.3) is 0 Å². The molecule has 3 rings (SSSR count). The Morgan fingerprint density at radius 2 is 1.96 bits per heavy atom. The Balaban J connectivity index is 1.56. The van der Waals surface area contributed by atoms with Crippen molar-refractivity contribution in [2.75, 3.05) is 25.0 Å². The van der Waals surface area contributed by atoms with E-state index in [-0.39, 0.29) is 18.5 Å². The van der Waals surface area contributed by atoms with E-state index in [2.05, 4.69) is 21.2 Å². The molecule has 0 bridgehead atoms. The number of carbonyl (C=O) groups is 3. The van der Waals surface area contributed by atoms with Crippen LogP contribution in [0.5, 0.6) is 0 Å². The Bertz CT molecular complexity index is 752. The molecule has 146 valence electrons. The molecule has 0 spiro atoms. The van der Waals surface area contributed by atoms with Gasteiger partial charge in [-0.3, -0.25) is 14.4 Å². The van der Waals surface area contributed by atoms with Crippen molar-refractivity contribution in [3.63, 3.8) is 0 Å². The van der Waals surface area contributed by atoms with Gasteiger partial charge in [-0.05, 0) is 47.0 Å². The highest BCUT2D eigenvalue weighted by atomic mass is 79.9. The predicted molar refractivity (Wildman–Crippen MR) is 102 cm³/mol. The quantitative estimate of drug-likeness (QED) is 0.717. The van der Waals surface area contributed by atoms with Gasteiger partial charge in [-0.15, -0.1) is 0 Å². The fraction of sp³-hybridized carbons (Fsp3) is 0.526. The average Bonchev–Trinajstić information content (AvgIpc) is 3.16.